The van der Waals surface area contributed by atoms with E-state index in [1.807, 2.05) is 0 Å². The minimum atomic E-state index is -1.08. The summed E-state index contributed by atoms with van der Waals surface area (Å²) in [7, 11) is 0. The van der Waals surface area contributed by atoms with Gasteiger partial charge in [-0.15, -0.1) is 0 Å². The summed E-state index contributed by atoms with van der Waals surface area (Å²) in [5, 5.41) is 10.3. The highest BCUT2D eigenvalue weighted by Crippen LogP contribution is 1.73. The van der Waals surface area contributed by atoms with Crippen LogP contribution < -0.4 is 11.1 Å². The molecule has 0 fully saturated rings. The molecule has 0 aromatic carbocycles. The van der Waals surface area contributed by atoms with E-state index in [9.17, 15) is 9.59 Å². The first-order valence-electron chi connectivity index (χ1n) is 3.43. The van der Waals surface area contributed by atoms with Crippen molar-refractivity contribution in [2.45, 2.75) is 0 Å². The van der Waals surface area contributed by atoms with Crippen molar-refractivity contribution in [3.8, 4) is 0 Å². The second kappa shape index (κ2) is 6.56. The molecule has 0 atom stereocenters. The van der Waals surface area contributed by atoms with Crippen molar-refractivity contribution in [1.82, 2.24) is 5.32 Å². The predicted octanol–water partition coefficient (Wildman–Crippen LogP) is -1.84. The van der Waals surface area contributed by atoms with E-state index < -0.39 is 11.9 Å². The molecular weight excluding hydrogens is 164 g/mol. The average Bonchev–Trinajstić information content (AvgIpc) is 2.01. The van der Waals surface area contributed by atoms with Gasteiger partial charge in [0.05, 0.1) is 6.61 Å². The van der Waals surface area contributed by atoms with Crippen LogP contribution in [0.15, 0.2) is 0 Å². The van der Waals surface area contributed by atoms with Crippen LogP contribution in [0, 0.1) is 0 Å². The number of aliphatic carboxylic acids is 1. The Morgan fingerprint density at radius 3 is 2.67 bits per heavy atom. The van der Waals surface area contributed by atoms with Gasteiger partial charge in [-0.3, -0.25) is 9.59 Å². The molecule has 12 heavy (non-hydrogen) atoms. The van der Waals surface area contributed by atoms with Crippen molar-refractivity contribution in [1.29, 1.82) is 0 Å². The molecule has 6 heteroatoms. The standard InChI is InChI=1S/C6H12N2O4/c7-1-2-12-4-5(9)8-3-6(10)11/h1-4,7H2,(H,8,9)(H,10,11). The predicted molar refractivity (Wildman–Crippen MR) is 40.5 cm³/mol. The topological polar surface area (TPSA) is 102 Å². The fraction of sp³-hybridized carbons (Fsp3) is 0.667. The number of carboxylic acid groups (broad SMARTS) is 1. The Morgan fingerprint density at radius 1 is 1.50 bits per heavy atom. The van der Waals surface area contributed by atoms with Crippen molar-refractivity contribution in [2.24, 2.45) is 5.73 Å². The summed E-state index contributed by atoms with van der Waals surface area (Å²) in [6, 6.07) is 0. The number of hydrogen-bond donors (Lipinski definition) is 3. The van der Waals surface area contributed by atoms with Gasteiger partial charge < -0.3 is 20.9 Å². The molecule has 70 valence electrons. The van der Waals surface area contributed by atoms with Crippen LogP contribution in [0.25, 0.3) is 0 Å². The van der Waals surface area contributed by atoms with Crippen LogP contribution >= 0.6 is 0 Å². The maximum absolute atomic E-state index is 10.7. The van der Waals surface area contributed by atoms with Gasteiger partial charge in [0.2, 0.25) is 5.91 Å². The zero-order chi connectivity index (χ0) is 9.40. The molecule has 0 aliphatic carbocycles. The molecule has 0 rings (SSSR count). The SMILES string of the molecule is NCCOCC(=O)NCC(=O)O. The molecule has 0 radical (unpaired) electrons. The molecule has 6 nitrogen and oxygen atoms in total. The first kappa shape index (κ1) is 10.9. The molecule has 0 aliphatic rings. The molecule has 0 aliphatic heterocycles. The van der Waals surface area contributed by atoms with Gasteiger partial charge in [0.1, 0.15) is 13.2 Å². The molecule has 4 N–H and O–H groups in total. The Morgan fingerprint density at radius 2 is 2.17 bits per heavy atom. The van der Waals surface area contributed by atoms with E-state index in [-0.39, 0.29) is 13.2 Å². The quantitative estimate of drug-likeness (QED) is 0.413. The monoisotopic (exact) mass is 176 g/mol. The van der Waals surface area contributed by atoms with Crippen molar-refractivity contribution in [2.75, 3.05) is 26.3 Å². The van der Waals surface area contributed by atoms with Gasteiger partial charge in [-0.1, -0.05) is 0 Å². The summed E-state index contributed by atoms with van der Waals surface area (Å²) < 4.78 is 4.75. The van der Waals surface area contributed by atoms with E-state index in [2.05, 4.69) is 5.32 Å². The van der Waals surface area contributed by atoms with Crippen LogP contribution in [0.2, 0.25) is 0 Å². The number of ether oxygens (including phenoxy) is 1. The van der Waals surface area contributed by atoms with Crippen LogP contribution in [-0.4, -0.2) is 43.3 Å². The van der Waals surface area contributed by atoms with Crippen molar-refractivity contribution >= 4 is 11.9 Å². The van der Waals surface area contributed by atoms with Gasteiger partial charge in [0.25, 0.3) is 0 Å². The van der Waals surface area contributed by atoms with Gasteiger partial charge in [-0.25, -0.2) is 0 Å². The molecule has 0 heterocycles. The van der Waals surface area contributed by atoms with E-state index in [4.69, 9.17) is 15.6 Å². The van der Waals surface area contributed by atoms with Crippen molar-refractivity contribution in [3.05, 3.63) is 0 Å². The number of nitrogens with one attached hydrogen (secondary N) is 1. The van der Waals surface area contributed by atoms with Gasteiger partial charge in [0, 0.05) is 6.54 Å². The van der Waals surface area contributed by atoms with Crippen molar-refractivity contribution < 1.29 is 19.4 Å². The Labute approximate surface area is 69.7 Å². The highest BCUT2D eigenvalue weighted by molar-refractivity contribution is 5.81. The zero-order valence-electron chi connectivity index (χ0n) is 6.58. The van der Waals surface area contributed by atoms with Crippen LogP contribution in [0.5, 0.6) is 0 Å². The summed E-state index contributed by atoms with van der Waals surface area (Å²) in [4.78, 5) is 20.6. The summed E-state index contributed by atoms with van der Waals surface area (Å²) in [5.41, 5.74) is 5.09. The first-order chi connectivity index (χ1) is 5.66. The van der Waals surface area contributed by atoms with E-state index in [1.165, 1.54) is 0 Å². The number of carbonyl (C=O) groups excluding carboxylic acids is 1. The molecule has 0 bridgehead atoms. The van der Waals surface area contributed by atoms with E-state index in [0.717, 1.165) is 0 Å². The average molecular weight is 176 g/mol. The van der Waals surface area contributed by atoms with E-state index >= 15 is 0 Å². The normalized spacial score (nSPS) is 9.42. The fourth-order valence-electron chi connectivity index (χ4n) is 0.473. The number of amides is 1. The Bertz CT molecular complexity index is 160. The second-order valence-corrected chi connectivity index (χ2v) is 2.01. The maximum atomic E-state index is 10.7. The van der Waals surface area contributed by atoms with E-state index in [0.29, 0.717) is 13.2 Å². The number of carbonyl (C=O) groups is 2. The lowest BCUT2D eigenvalue weighted by molar-refractivity contribution is -0.138. The lowest BCUT2D eigenvalue weighted by Gasteiger charge is -2.02. The Hall–Kier alpha value is -1.14. The second-order valence-electron chi connectivity index (χ2n) is 2.01. The van der Waals surface area contributed by atoms with Gasteiger partial charge in [-0.2, -0.15) is 0 Å². The van der Waals surface area contributed by atoms with Crippen LogP contribution in [-0.2, 0) is 14.3 Å². The summed E-state index contributed by atoms with van der Waals surface area (Å²) >= 11 is 0. The van der Waals surface area contributed by atoms with E-state index in [1.54, 1.807) is 0 Å². The molecular formula is C6H12N2O4. The minimum Gasteiger partial charge on any atom is -0.480 e. The van der Waals surface area contributed by atoms with Crippen LogP contribution in [0.3, 0.4) is 0 Å². The molecule has 0 aromatic heterocycles. The van der Waals surface area contributed by atoms with Gasteiger partial charge in [0.15, 0.2) is 0 Å². The highest BCUT2D eigenvalue weighted by atomic mass is 16.5. The van der Waals surface area contributed by atoms with Crippen molar-refractivity contribution in [3.63, 3.8) is 0 Å². The number of hydrogen-bond acceptors (Lipinski definition) is 4. The molecule has 0 spiro atoms. The highest BCUT2D eigenvalue weighted by Gasteiger charge is 2.02. The molecule has 1 amide bonds. The molecule has 0 saturated carbocycles. The lowest BCUT2D eigenvalue weighted by atomic mass is 10.5. The third-order valence-corrected chi connectivity index (χ3v) is 0.932. The zero-order valence-corrected chi connectivity index (χ0v) is 6.58. The minimum absolute atomic E-state index is 0.148. The fourth-order valence-corrected chi connectivity index (χ4v) is 0.473. The Kier molecular flexibility index (Phi) is 5.94. The van der Waals surface area contributed by atoms with Crippen LogP contribution in [0.1, 0.15) is 0 Å². The summed E-state index contributed by atoms with van der Waals surface area (Å²) in [5.74, 6) is -1.53. The Balaban J connectivity index is 3.28. The molecule has 0 saturated heterocycles. The third-order valence-electron chi connectivity index (χ3n) is 0.932. The largest absolute Gasteiger partial charge is 0.480 e. The number of carboxylic acids is 1. The smallest absolute Gasteiger partial charge is 0.322 e. The maximum Gasteiger partial charge on any atom is 0.322 e. The first-order valence-corrected chi connectivity index (χ1v) is 3.43. The van der Waals surface area contributed by atoms with Gasteiger partial charge in [-0.05, 0) is 0 Å². The van der Waals surface area contributed by atoms with Crippen LogP contribution in [0.4, 0.5) is 0 Å². The lowest BCUT2D eigenvalue weighted by Crippen LogP contribution is -2.32. The number of rotatable bonds is 6. The number of nitrogens with two attached hydrogens (primary N) is 1. The van der Waals surface area contributed by atoms with Gasteiger partial charge >= 0.3 is 5.97 Å². The molecule has 0 aromatic rings. The summed E-state index contributed by atoms with van der Waals surface area (Å²) in [6.45, 7) is 0.0992. The summed E-state index contributed by atoms with van der Waals surface area (Å²) in [6.07, 6.45) is 0. The molecule has 0 unspecified atom stereocenters. The third kappa shape index (κ3) is 6.97.